The number of hydrogen-bond acceptors (Lipinski definition) is 3. The molecule has 1 aliphatic heterocycles. The van der Waals surface area contributed by atoms with Crippen molar-refractivity contribution in [3.8, 4) is 0 Å². The third kappa shape index (κ3) is 2.94. The summed E-state index contributed by atoms with van der Waals surface area (Å²) in [5, 5.41) is 13.4. The smallest absolute Gasteiger partial charge is 0.0766 e. The van der Waals surface area contributed by atoms with Crippen LogP contribution in [0.3, 0.4) is 0 Å². The predicted molar refractivity (Wildman–Crippen MR) is 57.3 cm³/mol. The lowest BCUT2D eigenvalue weighted by molar-refractivity contribution is -0.101. The van der Waals surface area contributed by atoms with Gasteiger partial charge in [0.25, 0.3) is 0 Å². The van der Waals surface area contributed by atoms with Gasteiger partial charge in [-0.25, -0.2) is 0 Å². The summed E-state index contributed by atoms with van der Waals surface area (Å²) < 4.78 is 5.17. The number of ether oxygens (including phenoxy) is 1. The third-order valence-electron chi connectivity index (χ3n) is 3.22. The van der Waals surface area contributed by atoms with Gasteiger partial charge in [-0.05, 0) is 12.8 Å². The van der Waals surface area contributed by atoms with Crippen LogP contribution < -0.4 is 5.32 Å². The van der Waals surface area contributed by atoms with E-state index in [2.05, 4.69) is 12.2 Å². The molecule has 1 saturated heterocycles. The normalized spacial score (nSPS) is 20.6. The molecule has 1 rings (SSSR count). The van der Waals surface area contributed by atoms with Crippen LogP contribution in [-0.4, -0.2) is 37.0 Å². The Kier molecular flexibility index (Phi) is 3.93. The van der Waals surface area contributed by atoms with Gasteiger partial charge in [0, 0.05) is 18.5 Å². The second-order valence-electron chi connectivity index (χ2n) is 4.84. The maximum Gasteiger partial charge on any atom is 0.0766 e. The lowest BCUT2D eigenvalue weighted by atomic mass is 9.88. The van der Waals surface area contributed by atoms with Crippen molar-refractivity contribution in [2.45, 2.75) is 39.2 Å². The summed E-state index contributed by atoms with van der Waals surface area (Å²) in [5.74, 6) is 0. The zero-order chi connectivity index (χ0) is 10.7. The Labute approximate surface area is 86.8 Å². The first-order valence-electron chi connectivity index (χ1n) is 5.54. The molecule has 0 radical (unpaired) electrons. The Hall–Kier alpha value is -0.120. The van der Waals surface area contributed by atoms with Crippen LogP contribution in [0.4, 0.5) is 0 Å². The minimum absolute atomic E-state index is 0.294. The Morgan fingerprint density at radius 2 is 1.93 bits per heavy atom. The van der Waals surface area contributed by atoms with Crippen LogP contribution in [-0.2, 0) is 4.74 Å². The van der Waals surface area contributed by atoms with Crippen molar-refractivity contribution in [2.75, 3.05) is 26.3 Å². The van der Waals surface area contributed by atoms with Gasteiger partial charge in [0.05, 0.1) is 18.8 Å². The number of rotatable bonds is 6. The van der Waals surface area contributed by atoms with Crippen molar-refractivity contribution >= 4 is 0 Å². The highest BCUT2D eigenvalue weighted by Gasteiger charge is 2.33. The first-order chi connectivity index (χ1) is 6.54. The summed E-state index contributed by atoms with van der Waals surface area (Å²) in [7, 11) is 0. The molecule has 0 unspecified atom stereocenters. The van der Waals surface area contributed by atoms with Crippen molar-refractivity contribution in [3.05, 3.63) is 0 Å². The fourth-order valence-corrected chi connectivity index (χ4v) is 1.65. The summed E-state index contributed by atoms with van der Waals surface area (Å²) in [4.78, 5) is 0. The van der Waals surface area contributed by atoms with E-state index in [4.69, 9.17) is 4.74 Å². The SMILES string of the molecule is CCC(O)(CC)CNCC1(C)COC1. The summed E-state index contributed by atoms with van der Waals surface area (Å²) >= 11 is 0. The highest BCUT2D eigenvalue weighted by Crippen LogP contribution is 2.25. The van der Waals surface area contributed by atoms with Crippen molar-refractivity contribution in [1.29, 1.82) is 0 Å². The van der Waals surface area contributed by atoms with E-state index in [1.807, 2.05) is 13.8 Å². The minimum atomic E-state index is -0.527. The summed E-state index contributed by atoms with van der Waals surface area (Å²) in [6.07, 6.45) is 1.62. The van der Waals surface area contributed by atoms with Gasteiger partial charge in [-0.3, -0.25) is 0 Å². The lowest BCUT2D eigenvalue weighted by Crippen LogP contribution is -2.50. The molecule has 0 saturated carbocycles. The summed E-state index contributed by atoms with van der Waals surface area (Å²) in [5.41, 5.74) is -0.233. The van der Waals surface area contributed by atoms with Crippen LogP contribution in [0.2, 0.25) is 0 Å². The van der Waals surface area contributed by atoms with Gasteiger partial charge < -0.3 is 15.2 Å². The van der Waals surface area contributed by atoms with Gasteiger partial charge in [0.1, 0.15) is 0 Å². The maximum absolute atomic E-state index is 10.0. The van der Waals surface area contributed by atoms with Gasteiger partial charge in [-0.2, -0.15) is 0 Å². The largest absolute Gasteiger partial charge is 0.389 e. The third-order valence-corrected chi connectivity index (χ3v) is 3.22. The van der Waals surface area contributed by atoms with Crippen LogP contribution >= 0.6 is 0 Å². The molecule has 2 N–H and O–H groups in total. The molecule has 0 aromatic rings. The van der Waals surface area contributed by atoms with Crippen LogP contribution in [0.25, 0.3) is 0 Å². The molecular formula is C11H23NO2. The van der Waals surface area contributed by atoms with Gasteiger partial charge in [0.2, 0.25) is 0 Å². The molecule has 0 atom stereocenters. The van der Waals surface area contributed by atoms with E-state index in [1.54, 1.807) is 0 Å². The highest BCUT2D eigenvalue weighted by atomic mass is 16.5. The van der Waals surface area contributed by atoms with E-state index in [9.17, 15) is 5.11 Å². The Bertz CT molecular complexity index is 174. The molecule has 0 aliphatic carbocycles. The van der Waals surface area contributed by atoms with Gasteiger partial charge >= 0.3 is 0 Å². The molecule has 0 spiro atoms. The van der Waals surface area contributed by atoms with Crippen molar-refractivity contribution in [2.24, 2.45) is 5.41 Å². The van der Waals surface area contributed by atoms with Crippen molar-refractivity contribution in [3.63, 3.8) is 0 Å². The molecule has 3 heteroatoms. The number of aliphatic hydroxyl groups is 1. The lowest BCUT2D eigenvalue weighted by Gasteiger charge is -2.39. The van der Waals surface area contributed by atoms with E-state index in [-0.39, 0.29) is 0 Å². The maximum atomic E-state index is 10.0. The summed E-state index contributed by atoms with van der Waals surface area (Å²) in [6.45, 7) is 9.58. The van der Waals surface area contributed by atoms with Crippen LogP contribution in [0.5, 0.6) is 0 Å². The average Bonchev–Trinajstić information content (AvgIpc) is 2.15. The van der Waals surface area contributed by atoms with Crippen molar-refractivity contribution < 1.29 is 9.84 Å². The van der Waals surface area contributed by atoms with Gasteiger partial charge in [0.15, 0.2) is 0 Å². The monoisotopic (exact) mass is 201 g/mol. The van der Waals surface area contributed by atoms with Gasteiger partial charge in [-0.15, -0.1) is 0 Å². The topological polar surface area (TPSA) is 41.5 Å². The van der Waals surface area contributed by atoms with Crippen LogP contribution in [0.1, 0.15) is 33.6 Å². The first kappa shape index (κ1) is 12.0. The van der Waals surface area contributed by atoms with E-state index in [0.29, 0.717) is 12.0 Å². The highest BCUT2D eigenvalue weighted by molar-refractivity contribution is 4.85. The molecule has 3 nitrogen and oxygen atoms in total. The van der Waals surface area contributed by atoms with E-state index >= 15 is 0 Å². The van der Waals surface area contributed by atoms with E-state index < -0.39 is 5.60 Å². The standard InChI is InChI=1S/C11H23NO2/c1-4-11(13,5-2)7-12-6-10(3)8-14-9-10/h12-13H,4-9H2,1-3H3. The molecule has 0 bridgehead atoms. The predicted octanol–water partition coefficient (Wildman–Crippen LogP) is 1.16. The Balaban J connectivity index is 2.19. The molecule has 0 aromatic carbocycles. The molecule has 84 valence electrons. The fourth-order valence-electron chi connectivity index (χ4n) is 1.65. The van der Waals surface area contributed by atoms with Crippen molar-refractivity contribution in [1.82, 2.24) is 5.32 Å². The quantitative estimate of drug-likeness (QED) is 0.677. The molecule has 1 fully saturated rings. The van der Waals surface area contributed by atoms with Gasteiger partial charge in [-0.1, -0.05) is 20.8 Å². The molecular weight excluding hydrogens is 178 g/mol. The first-order valence-corrected chi connectivity index (χ1v) is 5.54. The Morgan fingerprint density at radius 1 is 1.36 bits per heavy atom. The number of nitrogens with one attached hydrogen (secondary N) is 1. The molecule has 1 aliphatic rings. The minimum Gasteiger partial charge on any atom is -0.389 e. The molecule has 0 amide bonds. The van der Waals surface area contributed by atoms with Crippen LogP contribution in [0.15, 0.2) is 0 Å². The average molecular weight is 201 g/mol. The van der Waals surface area contributed by atoms with E-state index in [1.165, 1.54) is 0 Å². The molecule has 14 heavy (non-hydrogen) atoms. The van der Waals surface area contributed by atoms with Crippen LogP contribution in [0, 0.1) is 5.41 Å². The zero-order valence-electron chi connectivity index (χ0n) is 9.60. The number of hydrogen-bond donors (Lipinski definition) is 2. The second kappa shape index (κ2) is 4.60. The van der Waals surface area contributed by atoms with E-state index in [0.717, 1.165) is 32.6 Å². The zero-order valence-corrected chi connectivity index (χ0v) is 9.60. The fraction of sp³-hybridized carbons (Fsp3) is 1.00. The second-order valence-corrected chi connectivity index (χ2v) is 4.84. The molecule has 1 heterocycles. The molecule has 0 aromatic heterocycles. The Morgan fingerprint density at radius 3 is 2.29 bits per heavy atom. The summed E-state index contributed by atoms with van der Waals surface area (Å²) in [6, 6.07) is 0.